The number of aromatic nitrogens is 4. The number of nitrogens with zero attached hydrogens (tertiary/aromatic N) is 6. The molecule has 0 radical (unpaired) electrons. The molecule has 0 spiro atoms. The molecule has 2 aromatic rings. The second-order valence-electron chi connectivity index (χ2n) is 8.16. The van der Waals surface area contributed by atoms with Crippen LogP contribution in [0.25, 0.3) is 0 Å². The molecular formula is C21H28N6O. The minimum atomic E-state index is 0.167. The van der Waals surface area contributed by atoms with E-state index in [0.29, 0.717) is 29.9 Å². The summed E-state index contributed by atoms with van der Waals surface area (Å²) >= 11 is 0. The molecule has 7 nitrogen and oxygen atoms in total. The predicted molar refractivity (Wildman–Crippen MR) is 107 cm³/mol. The lowest BCUT2D eigenvalue weighted by molar-refractivity contribution is 0.129. The summed E-state index contributed by atoms with van der Waals surface area (Å²) in [7, 11) is 0. The first-order valence-electron chi connectivity index (χ1n) is 9.79. The topological polar surface area (TPSA) is 87.8 Å². The van der Waals surface area contributed by atoms with Gasteiger partial charge in [-0.25, -0.2) is 15.0 Å². The number of anilines is 1. The van der Waals surface area contributed by atoms with Crippen LogP contribution in [0.5, 0.6) is 5.88 Å². The van der Waals surface area contributed by atoms with Gasteiger partial charge in [0.15, 0.2) is 0 Å². The quantitative estimate of drug-likeness (QED) is 0.758. The van der Waals surface area contributed by atoms with Crippen molar-refractivity contribution in [3.8, 4) is 11.9 Å². The van der Waals surface area contributed by atoms with Crippen LogP contribution < -0.4 is 9.64 Å². The molecule has 0 aliphatic carbocycles. The van der Waals surface area contributed by atoms with Gasteiger partial charge in [-0.15, -0.1) is 0 Å². The zero-order valence-electron chi connectivity index (χ0n) is 17.1. The lowest BCUT2D eigenvalue weighted by atomic mass is 9.72. The van der Waals surface area contributed by atoms with Gasteiger partial charge in [0, 0.05) is 31.5 Å². The summed E-state index contributed by atoms with van der Waals surface area (Å²) in [4.78, 5) is 19.5. The van der Waals surface area contributed by atoms with Gasteiger partial charge in [-0.05, 0) is 50.0 Å². The van der Waals surface area contributed by atoms with Crippen LogP contribution in [0.3, 0.4) is 0 Å². The Morgan fingerprint density at radius 3 is 2.50 bits per heavy atom. The molecule has 3 rings (SSSR count). The van der Waals surface area contributed by atoms with Crippen molar-refractivity contribution in [1.82, 2.24) is 19.9 Å². The van der Waals surface area contributed by atoms with E-state index in [9.17, 15) is 0 Å². The molecule has 0 unspecified atom stereocenters. The zero-order valence-corrected chi connectivity index (χ0v) is 17.1. The van der Waals surface area contributed by atoms with E-state index >= 15 is 0 Å². The number of hydrogen-bond donors (Lipinski definition) is 0. The number of aryl methyl sites for hydroxylation is 2. The van der Waals surface area contributed by atoms with Crippen LogP contribution in [0.15, 0.2) is 18.5 Å². The fourth-order valence-electron chi connectivity index (χ4n) is 3.70. The molecule has 1 aliphatic rings. The number of rotatable bonds is 6. The maximum atomic E-state index is 9.02. The molecule has 1 fully saturated rings. The molecule has 2 aromatic heterocycles. The number of hydrogen-bond acceptors (Lipinski definition) is 7. The van der Waals surface area contributed by atoms with Crippen LogP contribution >= 0.6 is 0 Å². The van der Waals surface area contributed by atoms with Gasteiger partial charge in [-0.2, -0.15) is 10.2 Å². The Morgan fingerprint density at radius 1 is 1.18 bits per heavy atom. The SMILES string of the molecule is Cc1cnc(N2CCC(C(C)(C)CCOc3cc(C#N)nc(C)n3)CC2)nc1. The first kappa shape index (κ1) is 20.0. The average molecular weight is 380 g/mol. The fraction of sp³-hybridized carbons (Fsp3) is 0.571. The monoisotopic (exact) mass is 380 g/mol. The Balaban J connectivity index is 1.51. The van der Waals surface area contributed by atoms with E-state index in [2.05, 4.69) is 38.7 Å². The highest BCUT2D eigenvalue weighted by Crippen LogP contribution is 2.38. The molecule has 0 aromatic carbocycles. The molecule has 1 aliphatic heterocycles. The second-order valence-corrected chi connectivity index (χ2v) is 8.16. The predicted octanol–water partition coefficient (Wildman–Crippen LogP) is 3.47. The van der Waals surface area contributed by atoms with Crippen LogP contribution in [0.1, 0.15) is 50.2 Å². The lowest BCUT2D eigenvalue weighted by Gasteiger charge is -2.40. The highest BCUT2D eigenvalue weighted by Gasteiger charge is 2.33. The fourth-order valence-corrected chi connectivity index (χ4v) is 3.70. The summed E-state index contributed by atoms with van der Waals surface area (Å²) in [5.74, 6) is 2.49. The van der Waals surface area contributed by atoms with Gasteiger partial charge in [-0.1, -0.05) is 13.8 Å². The molecule has 28 heavy (non-hydrogen) atoms. The van der Waals surface area contributed by atoms with Gasteiger partial charge in [-0.3, -0.25) is 0 Å². The number of piperidine rings is 1. The van der Waals surface area contributed by atoms with Crippen LogP contribution in [-0.2, 0) is 0 Å². The van der Waals surface area contributed by atoms with Gasteiger partial charge in [0.25, 0.3) is 0 Å². The maximum Gasteiger partial charge on any atom is 0.225 e. The van der Waals surface area contributed by atoms with Crippen LogP contribution in [0.2, 0.25) is 0 Å². The third kappa shape index (κ3) is 4.94. The van der Waals surface area contributed by atoms with Gasteiger partial charge in [0.05, 0.1) is 6.61 Å². The molecular weight excluding hydrogens is 352 g/mol. The van der Waals surface area contributed by atoms with E-state index in [1.54, 1.807) is 13.0 Å². The van der Waals surface area contributed by atoms with Crippen molar-refractivity contribution in [3.63, 3.8) is 0 Å². The lowest BCUT2D eigenvalue weighted by Crippen LogP contribution is -2.40. The minimum Gasteiger partial charge on any atom is -0.478 e. The van der Waals surface area contributed by atoms with Crippen molar-refractivity contribution in [3.05, 3.63) is 35.5 Å². The molecule has 0 amide bonds. The van der Waals surface area contributed by atoms with E-state index in [1.807, 2.05) is 25.4 Å². The van der Waals surface area contributed by atoms with Crippen molar-refractivity contribution in [1.29, 1.82) is 5.26 Å². The van der Waals surface area contributed by atoms with Crippen molar-refractivity contribution in [2.24, 2.45) is 11.3 Å². The van der Waals surface area contributed by atoms with Gasteiger partial charge >= 0.3 is 0 Å². The minimum absolute atomic E-state index is 0.167. The first-order chi connectivity index (χ1) is 13.4. The first-order valence-corrected chi connectivity index (χ1v) is 9.79. The van der Waals surface area contributed by atoms with Gasteiger partial charge < -0.3 is 9.64 Å². The summed E-state index contributed by atoms with van der Waals surface area (Å²) in [6.45, 7) is 10.9. The molecule has 0 atom stereocenters. The second kappa shape index (κ2) is 8.51. The molecule has 1 saturated heterocycles. The summed E-state index contributed by atoms with van der Waals surface area (Å²) in [6, 6.07) is 3.64. The molecule has 3 heterocycles. The Bertz CT molecular complexity index is 835. The number of nitriles is 1. The van der Waals surface area contributed by atoms with Crippen molar-refractivity contribution < 1.29 is 4.74 Å². The van der Waals surface area contributed by atoms with Crippen molar-refractivity contribution in [2.75, 3.05) is 24.6 Å². The largest absolute Gasteiger partial charge is 0.478 e. The highest BCUT2D eigenvalue weighted by atomic mass is 16.5. The van der Waals surface area contributed by atoms with Crippen molar-refractivity contribution in [2.45, 2.75) is 47.0 Å². The molecule has 0 saturated carbocycles. The van der Waals surface area contributed by atoms with Crippen LogP contribution in [-0.4, -0.2) is 39.6 Å². The van der Waals surface area contributed by atoms with E-state index in [1.165, 1.54) is 0 Å². The maximum absolute atomic E-state index is 9.02. The van der Waals surface area contributed by atoms with E-state index < -0.39 is 0 Å². The van der Waals surface area contributed by atoms with Crippen LogP contribution in [0, 0.1) is 36.5 Å². The smallest absolute Gasteiger partial charge is 0.225 e. The molecule has 148 valence electrons. The zero-order chi connectivity index (χ0) is 20.1. The summed E-state index contributed by atoms with van der Waals surface area (Å²) in [5, 5.41) is 9.02. The normalized spacial score (nSPS) is 15.3. The molecule has 0 bridgehead atoms. The Labute approximate surface area is 166 Å². The highest BCUT2D eigenvalue weighted by molar-refractivity contribution is 5.30. The Morgan fingerprint density at radius 2 is 1.86 bits per heavy atom. The van der Waals surface area contributed by atoms with Gasteiger partial charge in [0.2, 0.25) is 11.8 Å². The van der Waals surface area contributed by atoms with E-state index in [0.717, 1.165) is 43.9 Å². The summed E-state index contributed by atoms with van der Waals surface area (Å²) in [5.41, 5.74) is 1.59. The van der Waals surface area contributed by atoms with E-state index in [4.69, 9.17) is 10.00 Å². The average Bonchev–Trinajstić information content (AvgIpc) is 2.68. The van der Waals surface area contributed by atoms with Gasteiger partial charge in [0.1, 0.15) is 17.6 Å². The Kier molecular flexibility index (Phi) is 6.08. The third-order valence-corrected chi connectivity index (χ3v) is 5.58. The summed E-state index contributed by atoms with van der Waals surface area (Å²) in [6.07, 6.45) is 6.93. The van der Waals surface area contributed by atoms with Crippen molar-refractivity contribution >= 4 is 5.95 Å². The third-order valence-electron chi connectivity index (χ3n) is 5.58. The van der Waals surface area contributed by atoms with Crippen LogP contribution in [0.4, 0.5) is 5.95 Å². The standard InChI is InChI=1S/C21H28N6O/c1-15-13-23-20(24-14-15)27-8-5-17(6-9-27)21(3,4)7-10-28-19-11-18(12-22)25-16(2)26-19/h11,13-14,17H,5-10H2,1-4H3. The molecule has 7 heteroatoms. The number of ether oxygens (including phenoxy) is 1. The Hall–Kier alpha value is -2.75. The summed E-state index contributed by atoms with van der Waals surface area (Å²) < 4.78 is 5.83. The van der Waals surface area contributed by atoms with E-state index in [-0.39, 0.29) is 5.41 Å². The molecule has 0 N–H and O–H groups in total.